The second-order valence-corrected chi connectivity index (χ2v) is 16.3. The summed E-state index contributed by atoms with van der Waals surface area (Å²) in [5.41, 5.74) is 2.54. The fraction of sp³-hybridized carbons (Fsp3) is 0.0435. The van der Waals surface area contributed by atoms with Crippen LogP contribution < -0.4 is 41.3 Å². The van der Waals surface area contributed by atoms with E-state index >= 15 is 0 Å². The lowest BCUT2D eigenvalue weighted by molar-refractivity contribution is 0.418. The number of hydrogen-bond acceptors (Lipinski definition) is 2. The molecule has 0 fully saturated rings. The first-order chi connectivity index (χ1) is 24.8. The average Bonchev–Trinajstić information content (AvgIpc) is 3.19. The van der Waals surface area contributed by atoms with Gasteiger partial charge in [-0.25, -0.2) is 0 Å². The molecule has 0 bridgehead atoms. The van der Waals surface area contributed by atoms with E-state index in [2.05, 4.69) is 182 Å². The number of rotatable bonds is 9. The van der Waals surface area contributed by atoms with Gasteiger partial charge in [-0.05, 0) is 81.9 Å². The predicted molar refractivity (Wildman–Crippen MR) is 217 cm³/mol. The zero-order chi connectivity index (χ0) is 33.9. The van der Waals surface area contributed by atoms with Crippen molar-refractivity contribution in [1.29, 1.82) is 0 Å². The Hall–Kier alpha value is -5.26. The van der Waals surface area contributed by atoms with Gasteiger partial charge in [0, 0.05) is 10.6 Å². The van der Waals surface area contributed by atoms with E-state index in [4.69, 9.17) is 9.47 Å². The summed E-state index contributed by atoms with van der Waals surface area (Å²) in [6, 6.07) is 66.0. The maximum Gasteiger partial charge on any atom is 0.127 e. The van der Waals surface area contributed by atoms with Gasteiger partial charge < -0.3 is 9.47 Å². The Morgan fingerprint density at radius 1 is 0.320 bits per heavy atom. The van der Waals surface area contributed by atoms with Crippen LogP contribution in [0.4, 0.5) is 0 Å². The van der Waals surface area contributed by atoms with Crippen molar-refractivity contribution < 1.29 is 9.47 Å². The van der Waals surface area contributed by atoms with E-state index in [-0.39, 0.29) is 0 Å². The van der Waals surface area contributed by atoms with Gasteiger partial charge in [-0.15, -0.1) is 0 Å². The highest BCUT2D eigenvalue weighted by Crippen LogP contribution is 2.47. The second-order valence-electron chi connectivity index (χ2n) is 12.0. The minimum Gasteiger partial charge on any atom is -0.496 e. The van der Waals surface area contributed by atoms with Crippen LogP contribution in [-0.4, -0.2) is 14.2 Å². The highest BCUT2D eigenvalue weighted by molar-refractivity contribution is 7.81. The van der Waals surface area contributed by atoms with Gasteiger partial charge in [-0.1, -0.05) is 170 Å². The molecule has 2 atom stereocenters. The van der Waals surface area contributed by atoms with Gasteiger partial charge in [0.25, 0.3) is 0 Å². The Labute approximate surface area is 296 Å². The van der Waals surface area contributed by atoms with Gasteiger partial charge in [0.2, 0.25) is 0 Å². The summed E-state index contributed by atoms with van der Waals surface area (Å²) in [4.78, 5) is 0. The minimum absolute atomic E-state index is 0.903. The average molecular weight is 683 g/mol. The lowest BCUT2D eigenvalue weighted by atomic mass is 9.93. The van der Waals surface area contributed by atoms with Crippen LogP contribution in [-0.2, 0) is 0 Å². The van der Waals surface area contributed by atoms with E-state index in [9.17, 15) is 0 Å². The molecule has 0 amide bonds. The molecule has 2 nitrogen and oxygen atoms in total. The zero-order valence-electron chi connectivity index (χ0n) is 28.0. The van der Waals surface area contributed by atoms with Crippen LogP contribution in [0.5, 0.6) is 11.5 Å². The van der Waals surface area contributed by atoms with Gasteiger partial charge in [0.05, 0.1) is 14.2 Å². The Balaban J connectivity index is 1.54. The summed E-state index contributed by atoms with van der Waals surface area (Å²) in [5.74, 6) is 1.81. The van der Waals surface area contributed by atoms with Gasteiger partial charge in [-0.2, -0.15) is 0 Å². The number of benzene rings is 8. The smallest absolute Gasteiger partial charge is 0.127 e. The van der Waals surface area contributed by atoms with Crippen molar-refractivity contribution in [3.8, 4) is 22.6 Å². The molecule has 0 saturated heterocycles. The van der Waals surface area contributed by atoms with E-state index in [0.717, 1.165) is 11.5 Å². The molecule has 0 aliphatic rings. The zero-order valence-corrected chi connectivity index (χ0v) is 29.8. The Kier molecular flexibility index (Phi) is 9.15. The van der Waals surface area contributed by atoms with Crippen LogP contribution in [0, 0.1) is 0 Å². The molecule has 8 aromatic carbocycles. The van der Waals surface area contributed by atoms with Crippen LogP contribution in [0.25, 0.3) is 32.7 Å². The number of methoxy groups -OCH3 is 2. The maximum absolute atomic E-state index is 6.08. The molecule has 242 valence electrons. The summed E-state index contributed by atoms with van der Waals surface area (Å²) >= 11 is 0. The molecule has 0 spiro atoms. The Morgan fingerprint density at radius 2 is 0.680 bits per heavy atom. The van der Waals surface area contributed by atoms with Crippen molar-refractivity contribution in [3.63, 3.8) is 0 Å². The summed E-state index contributed by atoms with van der Waals surface area (Å²) in [5, 5.41) is 12.5. The minimum atomic E-state index is -1.04. The van der Waals surface area contributed by atoms with Crippen LogP contribution in [0.15, 0.2) is 182 Å². The van der Waals surface area contributed by atoms with Crippen LogP contribution >= 0.6 is 15.8 Å². The van der Waals surface area contributed by atoms with Gasteiger partial charge in [0.1, 0.15) is 11.5 Å². The quantitative estimate of drug-likeness (QED) is 0.141. The molecule has 0 radical (unpaired) electrons. The summed E-state index contributed by atoms with van der Waals surface area (Å²) in [6.45, 7) is 0. The Bertz CT molecular complexity index is 2250. The lowest BCUT2D eigenvalue weighted by Gasteiger charge is -2.29. The molecule has 8 aromatic rings. The SMILES string of the molecule is COc1ccccc1P(c1ccccc1)c1ccc2ccccc2c1-c1c(P(c2ccccc2)c2ccccc2OC)ccc2ccccc12. The number of fused-ring (bicyclic) bond motifs is 2. The molecule has 0 N–H and O–H groups in total. The third-order valence-corrected chi connectivity index (χ3v) is 14.3. The number of para-hydroxylation sites is 2. The molecule has 2 unspecified atom stereocenters. The van der Waals surface area contributed by atoms with Crippen molar-refractivity contribution in [2.75, 3.05) is 14.2 Å². The van der Waals surface area contributed by atoms with Crippen molar-refractivity contribution in [2.45, 2.75) is 0 Å². The third kappa shape index (κ3) is 5.86. The highest BCUT2D eigenvalue weighted by Gasteiger charge is 2.30. The normalized spacial score (nSPS) is 12.4. The fourth-order valence-electron chi connectivity index (χ4n) is 7.02. The molecule has 0 aliphatic heterocycles. The molecule has 4 heteroatoms. The first-order valence-electron chi connectivity index (χ1n) is 16.8. The first-order valence-corrected chi connectivity index (χ1v) is 19.5. The van der Waals surface area contributed by atoms with Crippen molar-refractivity contribution >= 4 is 69.2 Å². The van der Waals surface area contributed by atoms with Crippen LogP contribution in [0.1, 0.15) is 0 Å². The van der Waals surface area contributed by atoms with Crippen LogP contribution in [0.3, 0.4) is 0 Å². The third-order valence-electron chi connectivity index (χ3n) is 9.23. The lowest BCUT2D eigenvalue weighted by Crippen LogP contribution is -2.27. The maximum atomic E-state index is 6.08. The highest BCUT2D eigenvalue weighted by atomic mass is 31.1. The van der Waals surface area contributed by atoms with E-state index in [1.165, 1.54) is 64.5 Å². The number of ether oxygens (including phenoxy) is 2. The Morgan fingerprint density at radius 3 is 1.10 bits per heavy atom. The van der Waals surface area contributed by atoms with E-state index in [1.54, 1.807) is 14.2 Å². The standard InChI is InChI=1S/C46H36O2P2/c1-47-39-25-13-15-27-41(39)49(35-19-5-3-6-20-35)43-31-29-33-17-9-11-23-37(33)45(43)46-38-24-12-10-18-34(38)30-32-44(46)50(36-21-7-4-8-22-36)42-28-16-14-26-40(42)48-2/h3-32H,1-2H3. The van der Waals surface area contributed by atoms with Gasteiger partial charge in [0.15, 0.2) is 0 Å². The summed E-state index contributed by atoms with van der Waals surface area (Å²) < 4.78 is 12.2. The van der Waals surface area contributed by atoms with E-state index < -0.39 is 15.8 Å². The monoisotopic (exact) mass is 682 g/mol. The molecular weight excluding hydrogens is 646 g/mol. The second kappa shape index (κ2) is 14.3. The molecule has 0 saturated carbocycles. The van der Waals surface area contributed by atoms with E-state index in [1.807, 2.05) is 0 Å². The van der Waals surface area contributed by atoms with Crippen LogP contribution in [0.2, 0.25) is 0 Å². The summed E-state index contributed by atoms with van der Waals surface area (Å²) in [6.07, 6.45) is 0. The predicted octanol–water partition coefficient (Wildman–Crippen LogP) is 9.19. The molecule has 8 rings (SSSR count). The molecule has 0 heterocycles. The molecular formula is C46H36O2P2. The van der Waals surface area contributed by atoms with Gasteiger partial charge in [-0.3, -0.25) is 0 Å². The summed E-state index contributed by atoms with van der Waals surface area (Å²) in [7, 11) is 1.48. The molecule has 0 aliphatic carbocycles. The number of hydrogen-bond donors (Lipinski definition) is 0. The van der Waals surface area contributed by atoms with E-state index in [0.29, 0.717) is 0 Å². The van der Waals surface area contributed by atoms with Gasteiger partial charge >= 0.3 is 0 Å². The molecule has 0 aromatic heterocycles. The molecule has 50 heavy (non-hydrogen) atoms. The fourth-order valence-corrected chi connectivity index (χ4v) is 12.2. The first kappa shape index (κ1) is 32.0. The van der Waals surface area contributed by atoms with Crippen molar-refractivity contribution in [2.24, 2.45) is 0 Å². The largest absolute Gasteiger partial charge is 0.496 e. The topological polar surface area (TPSA) is 18.5 Å². The van der Waals surface area contributed by atoms with Crippen molar-refractivity contribution in [3.05, 3.63) is 182 Å². The van der Waals surface area contributed by atoms with Crippen molar-refractivity contribution in [1.82, 2.24) is 0 Å².